The van der Waals surface area contributed by atoms with Gasteiger partial charge in [-0.25, -0.2) is 9.97 Å². The van der Waals surface area contributed by atoms with Gasteiger partial charge in [-0.05, 0) is 67.1 Å². The molecule has 0 atom stereocenters. The molecule has 6 nitrogen and oxygen atoms in total. The number of carbonyl (C=O) groups is 1. The molecule has 2 aliphatic rings. The van der Waals surface area contributed by atoms with Crippen molar-refractivity contribution in [2.24, 2.45) is 0 Å². The summed E-state index contributed by atoms with van der Waals surface area (Å²) < 4.78 is 10.1. The van der Waals surface area contributed by atoms with Crippen LogP contribution in [0.1, 0.15) is 28.8 Å². The highest BCUT2D eigenvalue weighted by molar-refractivity contribution is 5.75. The number of carbonyl (C=O) groups excluding carboxylic acids is 1. The molecule has 158 valence electrons. The molecule has 1 aliphatic carbocycles. The van der Waals surface area contributed by atoms with E-state index in [1.165, 1.54) is 23.9 Å². The molecule has 5 rings (SSSR count). The largest absolute Gasteiger partial charge is 0.497 e. The predicted molar refractivity (Wildman–Crippen MR) is 119 cm³/mol. The van der Waals surface area contributed by atoms with E-state index in [1.807, 2.05) is 30.3 Å². The van der Waals surface area contributed by atoms with Gasteiger partial charge in [-0.1, -0.05) is 12.1 Å². The first-order chi connectivity index (χ1) is 15.2. The van der Waals surface area contributed by atoms with E-state index in [0.29, 0.717) is 6.42 Å². The van der Waals surface area contributed by atoms with Crippen LogP contribution in [0.2, 0.25) is 0 Å². The first-order valence-electron chi connectivity index (χ1n) is 10.7. The second kappa shape index (κ2) is 8.02. The minimum atomic E-state index is -0.215. The molecule has 0 radical (unpaired) electrons. The Morgan fingerprint density at radius 3 is 2.65 bits per heavy atom. The molecule has 0 N–H and O–H groups in total. The molecule has 2 heterocycles. The molecule has 0 amide bonds. The molecule has 0 saturated heterocycles. The maximum atomic E-state index is 11.7. The van der Waals surface area contributed by atoms with E-state index in [0.717, 1.165) is 66.4 Å². The van der Waals surface area contributed by atoms with Crippen molar-refractivity contribution in [1.82, 2.24) is 9.97 Å². The molecule has 0 spiro atoms. The standard InChI is InChI=1S/C25H25N3O3/c1-30-19-9-7-17(8-10-19)24-26-21-5-3-4-20(21)25(27-24)28-13-12-18-14-16(6-11-22(18)28)15-23(29)31-2/h6-11,14H,3-5,12-13,15H2,1-2H3. The number of aryl methyl sites for hydroxylation is 1. The lowest BCUT2D eigenvalue weighted by atomic mass is 10.1. The maximum absolute atomic E-state index is 11.7. The van der Waals surface area contributed by atoms with E-state index in [1.54, 1.807) is 7.11 Å². The number of rotatable bonds is 5. The summed E-state index contributed by atoms with van der Waals surface area (Å²) in [5.41, 5.74) is 6.82. The molecule has 1 aromatic heterocycles. The fourth-order valence-corrected chi connectivity index (χ4v) is 4.53. The van der Waals surface area contributed by atoms with Crippen LogP contribution in [0.25, 0.3) is 11.4 Å². The molecule has 1 aliphatic heterocycles. The van der Waals surface area contributed by atoms with Crippen LogP contribution in [0.4, 0.5) is 11.5 Å². The summed E-state index contributed by atoms with van der Waals surface area (Å²) >= 11 is 0. The normalized spacial score (nSPS) is 14.3. The number of fused-ring (bicyclic) bond motifs is 2. The topological polar surface area (TPSA) is 64.5 Å². The first-order valence-corrected chi connectivity index (χ1v) is 10.7. The molecular weight excluding hydrogens is 390 g/mol. The number of ether oxygens (including phenoxy) is 2. The van der Waals surface area contributed by atoms with Gasteiger partial charge < -0.3 is 14.4 Å². The van der Waals surface area contributed by atoms with Gasteiger partial charge in [0.2, 0.25) is 0 Å². The van der Waals surface area contributed by atoms with E-state index in [4.69, 9.17) is 19.4 Å². The lowest BCUT2D eigenvalue weighted by Gasteiger charge is -2.22. The van der Waals surface area contributed by atoms with Crippen molar-refractivity contribution < 1.29 is 14.3 Å². The Balaban J connectivity index is 1.52. The second-order valence-electron chi connectivity index (χ2n) is 8.00. The molecule has 0 bridgehead atoms. The van der Waals surface area contributed by atoms with Gasteiger partial charge in [0.1, 0.15) is 11.6 Å². The molecule has 0 fully saturated rings. The SMILES string of the molecule is COC(=O)Cc1ccc2c(c1)CCN2c1nc(-c2ccc(OC)cc2)nc2c1CCC2. The van der Waals surface area contributed by atoms with Crippen molar-refractivity contribution in [3.8, 4) is 17.1 Å². The molecule has 2 aromatic carbocycles. The summed E-state index contributed by atoms with van der Waals surface area (Å²) in [5.74, 6) is 2.38. The van der Waals surface area contributed by atoms with Crippen molar-refractivity contribution >= 4 is 17.5 Å². The zero-order valence-corrected chi connectivity index (χ0v) is 17.9. The van der Waals surface area contributed by atoms with Crippen LogP contribution in [0.15, 0.2) is 42.5 Å². The van der Waals surface area contributed by atoms with Crippen molar-refractivity contribution in [2.45, 2.75) is 32.1 Å². The summed E-state index contributed by atoms with van der Waals surface area (Å²) in [4.78, 5) is 23.9. The third-order valence-corrected chi connectivity index (χ3v) is 6.13. The van der Waals surface area contributed by atoms with Crippen LogP contribution in [0.3, 0.4) is 0 Å². The van der Waals surface area contributed by atoms with Gasteiger partial charge in [-0.15, -0.1) is 0 Å². The molecule has 6 heteroatoms. The van der Waals surface area contributed by atoms with Gasteiger partial charge in [-0.2, -0.15) is 0 Å². The zero-order valence-electron chi connectivity index (χ0n) is 17.9. The van der Waals surface area contributed by atoms with E-state index < -0.39 is 0 Å². The Kier molecular flexibility index (Phi) is 5.06. The number of benzene rings is 2. The Bertz CT molecular complexity index is 1140. The van der Waals surface area contributed by atoms with Crippen molar-refractivity contribution in [3.63, 3.8) is 0 Å². The fraction of sp³-hybridized carbons (Fsp3) is 0.320. The van der Waals surface area contributed by atoms with Crippen LogP contribution >= 0.6 is 0 Å². The minimum absolute atomic E-state index is 0.215. The van der Waals surface area contributed by atoms with Gasteiger partial charge in [0.25, 0.3) is 0 Å². The number of nitrogens with zero attached hydrogens (tertiary/aromatic N) is 3. The van der Waals surface area contributed by atoms with Crippen molar-refractivity contribution in [1.29, 1.82) is 0 Å². The highest BCUT2D eigenvalue weighted by atomic mass is 16.5. The number of aromatic nitrogens is 2. The van der Waals surface area contributed by atoms with Crippen molar-refractivity contribution in [3.05, 3.63) is 64.8 Å². The summed E-state index contributed by atoms with van der Waals surface area (Å²) in [5, 5.41) is 0. The summed E-state index contributed by atoms with van der Waals surface area (Å²) in [6, 6.07) is 14.2. The maximum Gasteiger partial charge on any atom is 0.309 e. The van der Waals surface area contributed by atoms with E-state index in [-0.39, 0.29) is 5.97 Å². The fourth-order valence-electron chi connectivity index (χ4n) is 4.53. The molecule has 0 saturated carbocycles. The zero-order chi connectivity index (χ0) is 21.4. The van der Waals surface area contributed by atoms with Gasteiger partial charge in [0.15, 0.2) is 5.82 Å². The van der Waals surface area contributed by atoms with Crippen LogP contribution in [0.5, 0.6) is 5.75 Å². The van der Waals surface area contributed by atoms with E-state index >= 15 is 0 Å². The molecule has 31 heavy (non-hydrogen) atoms. The van der Waals surface area contributed by atoms with Gasteiger partial charge in [-0.3, -0.25) is 4.79 Å². The number of hydrogen-bond acceptors (Lipinski definition) is 6. The van der Waals surface area contributed by atoms with Gasteiger partial charge >= 0.3 is 5.97 Å². The minimum Gasteiger partial charge on any atom is -0.497 e. The third kappa shape index (κ3) is 3.63. The summed E-state index contributed by atoms with van der Waals surface area (Å²) in [7, 11) is 3.09. The highest BCUT2D eigenvalue weighted by Gasteiger charge is 2.28. The monoisotopic (exact) mass is 415 g/mol. The summed E-state index contributed by atoms with van der Waals surface area (Å²) in [6.07, 6.45) is 4.35. The molecule has 3 aromatic rings. The predicted octanol–water partition coefficient (Wildman–Crippen LogP) is 4.05. The van der Waals surface area contributed by atoms with Crippen LogP contribution in [-0.4, -0.2) is 36.7 Å². The number of anilines is 2. The lowest BCUT2D eigenvalue weighted by Crippen LogP contribution is -2.18. The molecular formula is C25H25N3O3. The average molecular weight is 415 g/mol. The van der Waals surface area contributed by atoms with Crippen LogP contribution < -0.4 is 9.64 Å². The number of hydrogen-bond donors (Lipinski definition) is 0. The highest BCUT2D eigenvalue weighted by Crippen LogP contribution is 2.39. The quantitative estimate of drug-likeness (QED) is 0.586. The Morgan fingerprint density at radius 2 is 1.87 bits per heavy atom. The first kappa shape index (κ1) is 19.5. The van der Waals surface area contributed by atoms with Gasteiger partial charge in [0, 0.05) is 29.1 Å². The molecule has 0 unspecified atom stereocenters. The Morgan fingerprint density at radius 1 is 1.03 bits per heavy atom. The lowest BCUT2D eigenvalue weighted by molar-refractivity contribution is -0.139. The summed E-state index contributed by atoms with van der Waals surface area (Å²) in [6.45, 7) is 0.877. The van der Waals surface area contributed by atoms with Gasteiger partial charge in [0.05, 0.1) is 20.6 Å². The number of esters is 1. The average Bonchev–Trinajstić information content (AvgIpc) is 3.45. The smallest absolute Gasteiger partial charge is 0.309 e. The van der Waals surface area contributed by atoms with E-state index in [9.17, 15) is 4.79 Å². The van der Waals surface area contributed by atoms with Crippen LogP contribution in [-0.2, 0) is 35.2 Å². The Labute approximate surface area is 181 Å². The van der Waals surface area contributed by atoms with E-state index in [2.05, 4.69) is 17.0 Å². The Hall–Kier alpha value is -3.41. The number of methoxy groups -OCH3 is 2. The van der Waals surface area contributed by atoms with Crippen LogP contribution in [0, 0.1) is 0 Å². The van der Waals surface area contributed by atoms with Crippen molar-refractivity contribution in [2.75, 3.05) is 25.7 Å². The second-order valence-corrected chi connectivity index (χ2v) is 8.00. The third-order valence-electron chi connectivity index (χ3n) is 6.13.